The van der Waals surface area contributed by atoms with Crippen molar-refractivity contribution in [3.63, 3.8) is 0 Å². The van der Waals surface area contributed by atoms with Crippen molar-refractivity contribution in [2.75, 3.05) is 33.9 Å². The Morgan fingerprint density at radius 3 is 2.88 bits per heavy atom. The van der Waals surface area contributed by atoms with E-state index in [-0.39, 0.29) is 0 Å². The van der Waals surface area contributed by atoms with Crippen LogP contribution in [-0.4, -0.2) is 54.3 Å². The van der Waals surface area contributed by atoms with Gasteiger partial charge in [0.2, 0.25) is 0 Å². The number of ether oxygens (including phenoxy) is 1. The van der Waals surface area contributed by atoms with E-state index in [9.17, 15) is 0 Å². The molecular weight excluding hydrogens is 216 g/mol. The second-order valence-electron chi connectivity index (χ2n) is 4.29. The molecule has 0 bridgehead atoms. The van der Waals surface area contributed by atoms with Crippen LogP contribution in [0, 0.1) is 0 Å². The maximum absolute atomic E-state index is 5.26. The standard InChI is InChI=1S/C12H24N4O/c1-5-13-8-11(10-17-4)16(3)9-12-14-6-7-15(12)2/h6-7,11,13H,5,8-10H2,1-4H3. The minimum atomic E-state index is 0.372. The van der Waals surface area contributed by atoms with Gasteiger partial charge in [0.1, 0.15) is 5.82 Å². The molecule has 5 nitrogen and oxygen atoms in total. The highest BCUT2D eigenvalue weighted by molar-refractivity contribution is 4.91. The zero-order chi connectivity index (χ0) is 12.7. The molecule has 1 heterocycles. The van der Waals surface area contributed by atoms with Gasteiger partial charge < -0.3 is 14.6 Å². The van der Waals surface area contributed by atoms with Crippen LogP contribution in [0.25, 0.3) is 0 Å². The van der Waals surface area contributed by atoms with Crippen LogP contribution in [0.5, 0.6) is 0 Å². The number of nitrogens with zero attached hydrogens (tertiary/aromatic N) is 3. The highest BCUT2D eigenvalue weighted by Crippen LogP contribution is 2.04. The first-order valence-corrected chi connectivity index (χ1v) is 6.05. The zero-order valence-electron chi connectivity index (χ0n) is 11.3. The fourth-order valence-corrected chi connectivity index (χ4v) is 1.75. The Morgan fingerprint density at radius 1 is 1.59 bits per heavy atom. The number of aromatic nitrogens is 2. The minimum absolute atomic E-state index is 0.372. The summed E-state index contributed by atoms with van der Waals surface area (Å²) >= 11 is 0. The minimum Gasteiger partial charge on any atom is -0.383 e. The van der Waals surface area contributed by atoms with Crippen molar-refractivity contribution >= 4 is 0 Å². The summed E-state index contributed by atoms with van der Waals surface area (Å²) in [7, 11) is 5.87. The van der Waals surface area contributed by atoms with Gasteiger partial charge in [0.25, 0.3) is 0 Å². The van der Waals surface area contributed by atoms with Crippen LogP contribution < -0.4 is 5.32 Å². The van der Waals surface area contributed by atoms with Gasteiger partial charge in [0.15, 0.2) is 0 Å². The maximum atomic E-state index is 5.26. The van der Waals surface area contributed by atoms with Crippen molar-refractivity contribution in [1.29, 1.82) is 0 Å². The Hall–Kier alpha value is -0.910. The van der Waals surface area contributed by atoms with Crippen molar-refractivity contribution < 1.29 is 4.74 Å². The quantitative estimate of drug-likeness (QED) is 0.717. The number of rotatable bonds is 8. The van der Waals surface area contributed by atoms with Gasteiger partial charge in [-0.15, -0.1) is 0 Å². The SMILES string of the molecule is CCNCC(COC)N(C)Cc1nccn1C. The van der Waals surface area contributed by atoms with E-state index in [1.54, 1.807) is 7.11 Å². The molecule has 0 spiro atoms. The van der Waals surface area contributed by atoms with E-state index < -0.39 is 0 Å². The van der Waals surface area contributed by atoms with E-state index in [0.717, 1.165) is 32.1 Å². The topological polar surface area (TPSA) is 42.3 Å². The predicted octanol–water partition coefficient (Wildman–Crippen LogP) is 0.476. The lowest BCUT2D eigenvalue weighted by Crippen LogP contribution is -2.43. The molecule has 0 radical (unpaired) electrons. The summed E-state index contributed by atoms with van der Waals surface area (Å²) in [5.41, 5.74) is 0. The summed E-state index contributed by atoms with van der Waals surface area (Å²) in [4.78, 5) is 6.61. The Labute approximate surface area is 104 Å². The molecule has 1 rings (SSSR count). The third-order valence-electron chi connectivity index (χ3n) is 2.92. The first-order chi connectivity index (χ1) is 8.19. The first kappa shape index (κ1) is 14.2. The summed E-state index contributed by atoms with van der Waals surface area (Å²) in [6, 6.07) is 0.372. The Morgan fingerprint density at radius 2 is 2.35 bits per heavy atom. The van der Waals surface area contributed by atoms with Crippen LogP contribution in [0.15, 0.2) is 12.4 Å². The fourth-order valence-electron chi connectivity index (χ4n) is 1.75. The summed E-state index contributed by atoms with van der Waals surface area (Å²) in [5.74, 6) is 1.07. The number of nitrogens with one attached hydrogen (secondary N) is 1. The Bertz CT molecular complexity index is 313. The van der Waals surface area contributed by atoms with Crippen molar-refractivity contribution in [3.05, 3.63) is 18.2 Å². The lowest BCUT2D eigenvalue weighted by Gasteiger charge is -2.27. The molecule has 1 aromatic rings. The third-order valence-corrected chi connectivity index (χ3v) is 2.92. The molecule has 0 aliphatic rings. The Kier molecular flexibility index (Phi) is 6.18. The summed E-state index contributed by atoms with van der Waals surface area (Å²) in [6.45, 7) is 5.60. The van der Waals surface area contributed by atoms with E-state index in [2.05, 4.69) is 29.2 Å². The Balaban J connectivity index is 2.52. The van der Waals surface area contributed by atoms with Crippen LogP contribution in [0.2, 0.25) is 0 Å². The molecule has 1 unspecified atom stereocenters. The van der Waals surface area contributed by atoms with E-state index in [1.165, 1.54) is 0 Å². The average molecular weight is 240 g/mol. The lowest BCUT2D eigenvalue weighted by atomic mass is 10.2. The largest absolute Gasteiger partial charge is 0.383 e. The molecule has 98 valence electrons. The molecule has 1 atom stereocenters. The fraction of sp³-hybridized carbons (Fsp3) is 0.750. The molecule has 17 heavy (non-hydrogen) atoms. The van der Waals surface area contributed by atoms with Crippen LogP contribution in [0.1, 0.15) is 12.7 Å². The monoisotopic (exact) mass is 240 g/mol. The maximum Gasteiger partial charge on any atom is 0.122 e. The van der Waals surface area contributed by atoms with Gasteiger partial charge in [0, 0.05) is 39.1 Å². The van der Waals surface area contributed by atoms with Gasteiger partial charge in [-0.05, 0) is 13.6 Å². The normalized spacial score (nSPS) is 13.2. The molecule has 0 saturated heterocycles. The average Bonchev–Trinajstić information content (AvgIpc) is 2.70. The molecule has 5 heteroatoms. The molecule has 0 aliphatic carbocycles. The molecule has 0 amide bonds. The van der Waals surface area contributed by atoms with E-state index in [0.29, 0.717) is 6.04 Å². The lowest BCUT2D eigenvalue weighted by molar-refractivity contribution is 0.0996. The molecule has 0 saturated carbocycles. The van der Waals surface area contributed by atoms with Gasteiger partial charge in [-0.1, -0.05) is 6.92 Å². The van der Waals surface area contributed by atoms with Crippen molar-refractivity contribution in [2.45, 2.75) is 19.5 Å². The van der Waals surface area contributed by atoms with Gasteiger partial charge in [-0.25, -0.2) is 4.98 Å². The molecule has 1 aromatic heterocycles. The first-order valence-electron chi connectivity index (χ1n) is 6.05. The third kappa shape index (κ3) is 4.46. The number of aryl methyl sites for hydroxylation is 1. The number of hydrogen-bond acceptors (Lipinski definition) is 4. The van der Waals surface area contributed by atoms with E-state index in [4.69, 9.17) is 4.74 Å². The highest BCUT2D eigenvalue weighted by Gasteiger charge is 2.15. The number of methoxy groups -OCH3 is 1. The molecular formula is C12H24N4O. The smallest absolute Gasteiger partial charge is 0.122 e. The van der Waals surface area contributed by atoms with Crippen LogP contribution in [-0.2, 0) is 18.3 Å². The molecule has 0 aromatic carbocycles. The number of imidazole rings is 1. The molecule has 0 aliphatic heterocycles. The second-order valence-corrected chi connectivity index (χ2v) is 4.29. The van der Waals surface area contributed by atoms with Gasteiger partial charge in [-0.3, -0.25) is 4.90 Å². The van der Waals surface area contributed by atoms with Crippen LogP contribution in [0.3, 0.4) is 0 Å². The van der Waals surface area contributed by atoms with Crippen molar-refractivity contribution in [1.82, 2.24) is 19.8 Å². The van der Waals surface area contributed by atoms with Crippen molar-refractivity contribution in [2.24, 2.45) is 7.05 Å². The van der Waals surface area contributed by atoms with Gasteiger partial charge in [-0.2, -0.15) is 0 Å². The van der Waals surface area contributed by atoms with E-state index in [1.807, 2.05) is 24.0 Å². The zero-order valence-corrected chi connectivity index (χ0v) is 11.3. The van der Waals surface area contributed by atoms with Crippen molar-refractivity contribution in [3.8, 4) is 0 Å². The summed E-state index contributed by atoms with van der Waals surface area (Å²) < 4.78 is 7.31. The number of hydrogen-bond donors (Lipinski definition) is 1. The summed E-state index contributed by atoms with van der Waals surface area (Å²) in [6.07, 6.45) is 3.80. The summed E-state index contributed by atoms with van der Waals surface area (Å²) in [5, 5.41) is 3.36. The highest BCUT2D eigenvalue weighted by atomic mass is 16.5. The predicted molar refractivity (Wildman–Crippen MR) is 68.9 cm³/mol. The second kappa shape index (κ2) is 7.42. The van der Waals surface area contributed by atoms with Crippen LogP contribution >= 0.6 is 0 Å². The molecule has 1 N–H and O–H groups in total. The number of likely N-dealkylation sites (N-methyl/N-ethyl adjacent to an activating group) is 2. The van der Waals surface area contributed by atoms with Gasteiger partial charge in [0.05, 0.1) is 13.2 Å². The van der Waals surface area contributed by atoms with E-state index >= 15 is 0 Å². The van der Waals surface area contributed by atoms with Gasteiger partial charge >= 0.3 is 0 Å². The van der Waals surface area contributed by atoms with Crippen LogP contribution in [0.4, 0.5) is 0 Å². The molecule has 0 fully saturated rings.